The van der Waals surface area contributed by atoms with E-state index in [0.29, 0.717) is 11.1 Å². The van der Waals surface area contributed by atoms with Crippen molar-refractivity contribution in [1.29, 1.82) is 0 Å². The number of aliphatic hydroxyl groups excluding tert-OH is 1. The molecular formula is C13H15F2NO2. The summed E-state index contributed by atoms with van der Waals surface area (Å²) in [5, 5.41) is 12.7. The monoisotopic (exact) mass is 255 g/mol. The fraction of sp³-hybridized carbons (Fsp3) is 0.385. The molecular weight excluding hydrogens is 240 g/mol. The lowest BCUT2D eigenvalue weighted by Crippen LogP contribution is -2.38. The van der Waals surface area contributed by atoms with Crippen molar-refractivity contribution in [2.75, 3.05) is 13.7 Å². The Morgan fingerprint density at radius 3 is 2.72 bits per heavy atom. The minimum Gasteiger partial charge on any atom is -0.464 e. The summed E-state index contributed by atoms with van der Waals surface area (Å²) in [7, 11) is 1.56. The molecule has 5 heteroatoms. The van der Waals surface area contributed by atoms with Gasteiger partial charge in [0.1, 0.15) is 5.58 Å². The summed E-state index contributed by atoms with van der Waals surface area (Å²) in [5.74, 6) is -1.04. The van der Waals surface area contributed by atoms with Gasteiger partial charge in [0.2, 0.25) is 6.43 Å². The highest BCUT2D eigenvalue weighted by Gasteiger charge is 2.30. The number of aliphatic hydroxyl groups is 1. The van der Waals surface area contributed by atoms with E-state index in [4.69, 9.17) is 9.52 Å². The second-order valence-electron chi connectivity index (χ2n) is 4.16. The number of alkyl halides is 2. The average molecular weight is 255 g/mol. The molecule has 1 heterocycles. The number of benzene rings is 1. The van der Waals surface area contributed by atoms with Gasteiger partial charge >= 0.3 is 0 Å². The number of fused-ring (bicyclic) bond motifs is 1. The van der Waals surface area contributed by atoms with Gasteiger partial charge in [-0.15, -0.1) is 0 Å². The zero-order valence-electron chi connectivity index (χ0n) is 9.94. The van der Waals surface area contributed by atoms with Crippen molar-refractivity contribution in [3.63, 3.8) is 0 Å². The Balaban J connectivity index is 2.40. The van der Waals surface area contributed by atoms with Gasteiger partial charge < -0.3 is 14.8 Å². The van der Waals surface area contributed by atoms with Crippen LogP contribution >= 0.6 is 0 Å². The number of likely N-dealkylation sites (N-methyl/N-ethyl adjacent to an activating group) is 1. The molecule has 2 atom stereocenters. The minimum atomic E-state index is -2.54. The molecule has 0 bridgehead atoms. The van der Waals surface area contributed by atoms with Crippen LogP contribution in [-0.2, 0) is 0 Å². The molecule has 2 unspecified atom stereocenters. The van der Waals surface area contributed by atoms with Crippen molar-refractivity contribution < 1.29 is 18.3 Å². The first-order valence-electron chi connectivity index (χ1n) is 5.70. The van der Waals surface area contributed by atoms with E-state index < -0.39 is 18.4 Å². The summed E-state index contributed by atoms with van der Waals surface area (Å²) in [4.78, 5) is 0. The first-order valence-corrected chi connectivity index (χ1v) is 5.70. The standard InChI is InChI=1S/C13H15F2NO2/c1-16-10(7-17)12(13(14)15)9-2-3-11-8(6-9)4-5-18-11/h2-6,10,12-13,16-17H,7H2,1H3. The molecule has 0 radical (unpaired) electrons. The maximum atomic E-state index is 13.2. The molecule has 2 N–H and O–H groups in total. The summed E-state index contributed by atoms with van der Waals surface area (Å²) >= 11 is 0. The normalized spacial score (nSPS) is 15.2. The van der Waals surface area contributed by atoms with Crippen LogP contribution in [0.25, 0.3) is 11.0 Å². The second kappa shape index (κ2) is 5.46. The predicted octanol–water partition coefficient (Wildman–Crippen LogP) is 2.36. The highest BCUT2D eigenvalue weighted by molar-refractivity contribution is 5.77. The number of nitrogens with one attached hydrogen (secondary N) is 1. The highest BCUT2D eigenvalue weighted by Crippen LogP contribution is 2.29. The molecule has 0 aliphatic rings. The first kappa shape index (κ1) is 13.0. The van der Waals surface area contributed by atoms with Crippen LogP contribution in [0.15, 0.2) is 34.9 Å². The summed E-state index contributed by atoms with van der Waals surface area (Å²) in [6.07, 6.45) is -1.02. The van der Waals surface area contributed by atoms with Crippen molar-refractivity contribution in [3.8, 4) is 0 Å². The maximum Gasteiger partial charge on any atom is 0.246 e. The molecule has 0 saturated carbocycles. The van der Waals surface area contributed by atoms with Crippen LogP contribution in [0.5, 0.6) is 0 Å². The highest BCUT2D eigenvalue weighted by atomic mass is 19.3. The van der Waals surface area contributed by atoms with E-state index in [-0.39, 0.29) is 6.61 Å². The quantitative estimate of drug-likeness (QED) is 0.862. The van der Waals surface area contributed by atoms with E-state index in [1.54, 1.807) is 31.3 Å². The van der Waals surface area contributed by atoms with Crippen LogP contribution in [0.2, 0.25) is 0 Å². The van der Waals surface area contributed by atoms with Gasteiger partial charge in [-0.2, -0.15) is 0 Å². The Morgan fingerprint density at radius 2 is 2.11 bits per heavy atom. The zero-order valence-corrected chi connectivity index (χ0v) is 9.94. The minimum absolute atomic E-state index is 0.338. The number of hydrogen-bond donors (Lipinski definition) is 2. The van der Waals surface area contributed by atoms with Crippen LogP contribution in [0.1, 0.15) is 11.5 Å². The van der Waals surface area contributed by atoms with E-state index in [1.807, 2.05) is 0 Å². The predicted molar refractivity (Wildman–Crippen MR) is 64.9 cm³/mol. The molecule has 0 saturated heterocycles. The van der Waals surface area contributed by atoms with Gasteiger partial charge in [0.25, 0.3) is 0 Å². The summed E-state index contributed by atoms with van der Waals surface area (Å²) in [5.41, 5.74) is 1.16. The van der Waals surface area contributed by atoms with Crippen molar-refractivity contribution in [2.24, 2.45) is 0 Å². The van der Waals surface area contributed by atoms with Gasteiger partial charge in [-0.1, -0.05) is 6.07 Å². The van der Waals surface area contributed by atoms with Crippen molar-refractivity contribution >= 4 is 11.0 Å². The number of halogens is 2. The van der Waals surface area contributed by atoms with E-state index in [2.05, 4.69) is 5.32 Å². The van der Waals surface area contributed by atoms with Gasteiger partial charge in [0.15, 0.2) is 0 Å². The molecule has 0 fully saturated rings. The van der Waals surface area contributed by atoms with E-state index in [0.717, 1.165) is 5.39 Å². The van der Waals surface area contributed by atoms with Crippen LogP contribution in [-0.4, -0.2) is 31.2 Å². The molecule has 3 nitrogen and oxygen atoms in total. The van der Waals surface area contributed by atoms with Crippen LogP contribution in [0.3, 0.4) is 0 Å². The summed E-state index contributed by atoms with van der Waals surface area (Å²) in [6, 6.07) is 6.02. The fourth-order valence-electron chi connectivity index (χ4n) is 2.13. The molecule has 98 valence electrons. The third kappa shape index (κ3) is 2.37. The molecule has 0 aliphatic carbocycles. The molecule has 1 aromatic heterocycles. The van der Waals surface area contributed by atoms with Gasteiger partial charge in [-0.3, -0.25) is 0 Å². The smallest absolute Gasteiger partial charge is 0.246 e. The Kier molecular flexibility index (Phi) is 3.93. The zero-order chi connectivity index (χ0) is 13.1. The molecule has 0 spiro atoms. The second-order valence-corrected chi connectivity index (χ2v) is 4.16. The van der Waals surface area contributed by atoms with Gasteiger partial charge in [0, 0.05) is 11.4 Å². The van der Waals surface area contributed by atoms with E-state index in [1.165, 1.54) is 6.26 Å². The van der Waals surface area contributed by atoms with Gasteiger partial charge in [-0.05, 0) is 30.8 Å². The lowest BCUT2D eigenvalue weighted by Gasteiger charge is -2.25. The van der Waals surface area contributed by atoms with Crippen LogP contribution in [0, 0.1) is 0 Å². The third-order valence-corrected chi connectivity index (χ3v) is 3.13. The van der Waals surface area contributed by atoms with Crippen molar-refractivity contribution in [3.05, 3.63) is 36.1 Å². The fourth-order valence-corrected chi connectivity index (χ4v) is 2.13. The topological polar surface area (TPSA) is 45.4 Å². The lowest BCUT2D eigenvalue weighted by atomic mass is 9.91. The van der Waals surface area contributed by atoms with Crippen molar-refractivity contribution in [1.82, 2.24) is 5.32 Å². The number of furan rings is 1. The lowest BCUT2D eigenvalue weighted by molar-refractivity contribution is 0.0800. The van der Waals surface area contributed by atoms with Crippen LogP contribution < -0.4 is 5.32 Å². The first-order chi connectivity index (χ1) is 8.67. The number of hydrogen-bond acceptors (Lipinski definition) is 3. The molecule has 0 amide bonds. The Hall–Kier alpha value is -1.46. The molecule has 0 aliphatic heterocycles. The largest absolute Gasteiger partial charge is 0.464 e. The summed E-state index contributed by atoms with van der Waals surface area (Å²) < 4.78 is 31.5. The molecule has 18 heavy (non-hydrogen) atoms. The maximum absolute atomic E-state index is 13.2. The Labute approximate surface area is 103 Å². The molecule has 2 aromatic rings. The van der Waals surface area contributed by atoms with Crippen molar-refractivity contribution in [2.45, 2.75) is 18.4 Å². The Morgan fingerprint density at radius 1 is 1.33 bits per heavy atom. The molecule has 2 rings (SSSR count). The summed E-state index contributed by atoms with van der Waals surface area (Å²) in [6.45, 7) is -0.338. The number of rotatable bonds is 5. The van der Waals surface area contributed by atoms with Gasteiger partial charge in [0.05, 0.1) is 18.8 Å². The molecule has 1 aromatic carbocycles. The Bertz CT molecular complexity index is 508. The van der Waals surface area contributed by atoms with E-state index >= 15 is 0 Å². The third-order valence-electron chi connectivity index (χ3n) is 3.13. The average Bonchev–Trinajstić information content (AvgIpc) is 2.82. The van der Waals surface area contributed by atoms with Crippen LogP contribution in [0.4, 0.5) is 8.78 Å². The van der Waals surface area contributed by atoms with E-state index in [9.17, 15) is 8.78 Å². The SMILES string of the molecule is CNC(CO)C(c1ccc2occc2c1)C(F)F. The van der Waals surface area contributed by atoms with Gasteiger partial charge in [-0.25, -0.2) is 8.78 Å².